The molecule has 1 rings (SSSR count). The molecule has 0 bridgehead atoms. The summed E-state index contributed by atoms with van der Waals surface area (Å²) in [6.45, 7) is 6.86. The number of rotatable bonds is 6. The minimum absolute atomic E-state index is 0.809. The average molecular weight is 205 g/mol. The maximum Gasteiger partial charge on any atom is 0.0230 e. The van der Waals surface area contributed by atoms with Crippen molar-refractivity contribution in [1.29, 1.82) is 0 Å². The van der Waals surface area contributed by atoms with E-state index in [-0.39, 0.29) is 0 Å². The van der Waals surface area contributed by atoms with Crippen molar-refractivity contribution in [2.24, 2.45) is 5.92 Å². The topological polar surface area (TPSA) is 3.24 Å². The van der Waals surface area contributed by atoms with Gasteiger partial charge in [0.25, 0.3) is 0 Å². The van der Waals surface area contributed by atoms with Gasteiger partial charge in [0.05, 0.1) is 0 Å². The Labute approximate surface area is 94.1 Å². The van der Waals surface area contributed by atoms with Gasteiger partial charge in [0.1, 0.15) is 0 Å². The third-order valence-electron chi connectivity index (χ3n) is 2.70. The Morgan fingerprint density at radius 3 is 2.47 bits per heavy atom. The molecule has 0 aliphatic heterocycles. The van der Waals surface area contributed by atoms with Crippen molar-refractivity contribution < 1.29 is 0 Å². The molecular formula is C14H23N. The maximum absolute atomic E-state index is 2.41. The molecule has 84 valence electrons. The molecule has 0 amide bonds. The average Bonchev–Trinajstić information content (AvgIpc) is 2.19. The number of hydrogen-bond acceptors (Lipinski definition) is 1. The Morgan fingerprint density at radius 2 is 1.87 bits per heavy atom. The molecule has 1 aromatic carbocycles. The monoisotopic (exact) mass is 205 g/mol. The van der Waals surface area contributed by atoms with Crippen LogP contribution in [0.2, 0.25) is 0 Å². The molecular weight excluding hydrogens is 182 g/mol. The van der Waals surface area contributed by atoms with Gasteiger partial charge in [-0.2, -0.15) is 0 Å². The Bertz CT molecular complexity index is 255. The number of benzene rings is 1. The van der Waals surface area contributed by atoms with Gasteiger partial charge >= 0.3 is 0 Å². The van der Waals surface area contributed by atoms with Crippen LogP contribution in [0.3, 0.4) is 0 Å². The zero-order valence-electron chi connectivity index (χ0n) is 10.2. The predicted octanol–water partition coefficient (Wildman–Crippen LogP) is 3.55. The minimum atomic E-state index is 0.809. The fourth-order valence-electron chi connectivity index (χ4n) is 2.08. The Hall–Kier alpha value is -0.820. The second kappa shape index (κ2) is 6.62. The molecule has 0 spiro atoms. The lowest BCUT2D eigenvalue weighted by Crippen LogP contribution is -2.23. The highest BCUT2D eigenvalue weighted by Crippen LogP contribution is 2.09. The molecule has 1 aromatic rings. The minimum Gasteiger partial charge on any atom is -0.302 e. The van der Waals surface area contributed by atoms with Crippen LogP contribution in [0.5, 0.6) is 0 Å². The Kier molecular flexibility index (Phi) is 5.41. The molecule has 0 aliphatic rings. The molecule has 0 radical (unpaired) electrons. The molecule has 0 aliphatic carbocycles. The summed E-state index contributed by atoms with van der Waals surface area (Å²) in [6.07, 6.45) is 2.62. The van der Waals surface area contributed by atoms with E-state index >= 15 is 0 Å². The number of nitrogens with zero attached hydrogens (tertiary/aromatic N) is 1. The summed E-state index contributed by atoms with van der Waals surface area (Å²) >= 11 is 0. The van der Waals surface area contributed by atoms with E-state index in [1.165, 1.54) is 24.9 Å². The van der Waals surface area contributed by atoms with Crippen molar-refractivity contribution >= 4 is 0 Å². The Morgan fingerprint density at radius 1 is 1.20 bits per heavy atom. The van der Waals surface area contributed by atoms with Crippen molar-refractivity contribution in [2.45, 2.75) is 33.2 Å². The van der Waals surface area contributed by atoms with E-state index in [1.807, 2.05) is 0 Å². The van der Waals surface area contributed by atoms with Crippen LogP contribution in [-0.2, 0) is 6.54 Å². The molecule has 0 aromatic heterocycles. The fourth-order valence-corrected chi connectivity index (χ4v) is 2.08. The highest BCUT2D eigenvalue weighted by molar-refractivity contribution is 5.14. The summed E-state index contributed by atoms with van der Waals surface area (Å²) in [5.41, 5.74) is 1.41. The van der Waals surface area contributed by atoms with Gasteiger partial charge in [0.15, 0.2) is 0 Å². The standard InChI is InChI=1S/C14H23N/c1-4-8-13(2)11-15(3)12-14-9-6-5-7-10-14/h5-7,9-10,13H,4,8,11-12H2,1-3H3. The molecule has 0 fully saturated rings. The van der Waals surface area contributed by atoms with Crippen LogP contribution in [0, 0.1) is 5.92 Å². The van der Waals surface area contributed by atoms with Gasteiger partial charge < -0.3 is 4.90 Å². The zero-order chi connectivity index (χ0) is 11.1. The van der Waals surface area contributed by atoms with E-state index in [4.69, 9.17) is 0 Å². The van der Waals surface area contributed by atoms with Gasteiger partial charge in [-0.1, -0.05) is 50.6 Å². The van der Waals surface area contributed by atoms with Crippen LogP contribution in [0.4, 0.5) is 0 Å². The second-order valence-corrected chi connectivity index (χ2v) is 4.58. The van der Waals surface area contributed by atoms with Crippen LogP contribution in [-0.4, -0.2) is 18.5 Å². The van der Waals surface area contributed by atoms with E-state index < -0.39 is 0 Å². The van der Waals surface area contributed by atoms with Crippen molar-refractivity contribution in [2.75, 3.05) is 13.6 Å². The van der Waals surface area contributed by atoms with Crippen LogP contribution in [0.25, 0.3) is 0 Å². The van der Waals surface area contributed by atoms with Crippen LogP contribution >= 0.6 is 0 Å². The summed E-state index contributed by atoms with van der Waals surface area (Å²) in [5, 5.41) is 0. The van der Waals surface area contributed by atoms with Gasteiger partial charge in [0, 0.05) is 13.1 Å². The predicted molar refractivity (Wildman–Crippen MR) is 66.8 cm³/mol. The van der Waals surface area contributed by atoms with Gasteiger partial charge in [-0.25, -0.2) is 0 Å². The third kappa shape index (κ3) is 4.98. The van der Waals surface area contributed by atoms with Gasteiger partial charge in [-0.05, 0) is 24.9 Å². The van der Waals surface area contributed by atoms with Crippen molar-refractivity contribution in [3.05, 3.63) is 35.9 Å². The van der Waals surface area contributed by atoms with Gasteiger partial charge in [0.2, 0.25) is 0 Å². The molecule has 1 heteroatoms. The normalized spacial score (nSPS) is 13.1. The van der Waals surface area contributed by atoms with Crippen molar-refractivity contribution in [1.82, 2.24) is 4.90 Å². The van der Waals surface area contributed by atoms with E-state index in [0.717, 1.165) is 12.5 Å². The van der Waals surface area contributed by atoms with Crippen molar-refractivity contribution in [3.8, 4) is 0 Å². The van der Waals surface area contributed by atoms with Crippen LogP contribution < -0.4 is 0 Å². The molecule has 15 heavy (non-hydrogen) atoms. The highest BCUT2D eigenvalue weighted by Gasteiger charge is 2.05. The number of hydrogen-bond donors (Lipinski definition) is 0. The molecule has 0 saturated carbocycles. The largest absolute Gasteiger partial charge is 0.302 e. The Balaban J connectivity index is 2.33. The first-order valence-corrected chi connectivity index (χ1v) is 5.94. The molecule has 1 atom stereocenters. The summed E-state index contributed by atoms with van der Waals surface area (Å²) in [6, 6.07) is 10.7. The van der Waals surface area contributed by atoms with Crippen LogP contribution in [0.15, 0.2) is 30.3 Å². The van der Waals surface area contributed by atoms with Gasteiger partial charge in [-0.3, -0.25) is 0 Å². The highest BCUT2D eigenvalue weighted by atomic mass is 15.1. The zero-order valence-corrected chi connectivity index (χ0v) is 10.2. The second-order valence-electron chi connectivity index (χ2n) is 4.58. The smallest absolute Gasteiger partial charge is 0.0230 e. The SMILES string of the molecule is CCCC(C)CN(C)Cc1ccccc1. The first kappa shape index (κ1) is 12.3. The van der Waals surface area contributed by atoms with E-state index in [1.54, 1.807) is 0 Å². The van der Waals surface area contributed by atoms with Crippen LogP contribution in [0.1, 0.15) is 32.3 Å². The summed E-state index contributed by atoms with van der Waals surface area (Å²) in [7, 11) is 2.21. The lowest BCUT2D eigenvalue weighted by molar-refractivity contribution is 0.270. The fraction of sp³-hybridized carbons (Fsp3) is 0.571. The summed E-state index contributed by atoms with van der Waals surface area (Å²) in [5.74, 6) is 0.809. The van der Waals surface area contributed by atoms with E-state index in [0.29, 0.717) is 0 Å². The lowest BCUT2D eigenvalue weighted by Gasteiger charge is -2.20. The van der Waals surface area contributed by atoms with E-state index in [2.05, 4.69) is 56.1 Å². The quantitative estimate of drug-likeness (QED) is 0.686. The van der Waals surface area contributed by atoms with Gasteiger partial charge in [-0.15, -0.1) is 0 Å². The molecule has 0 N–H and O–H groups in total. The van der Waals surface area contributed by atoms with Crippen molar-refractivity contribution in [3.63, 3.8) is 0 Å². The first-order valence-electron chi connectivity index (χ1n) is 5.94. The first-order chi connectivity index (χ1) is 7.22. The summed E-state index contributed by atoms with van der Waals surface area (Å²) in [4.78, 5) is 2.41. The third-order valence-corrected chi connectivity index (χ3v) is 2.70. The molecule has 0 saturated heterocycles. The summed E-state index contributed by atoms with van der Waals surface area (Å²) < 4.78 is 0. The lowest BCUT2D eigenvalue weighted by atomic mass is 10.1. The van der Waals surface area contributed by atoms with E-state index in [9.17, 15) is 0 Å². The molecule has 1 unspecified atom stereocenters. The maximum atomic E-state index is 2.41. The molecule has 1 nitrogen and oxygen atoms in total. The molecule has 0 heterocycles.